The number of amides is 2. The summed E-state index contributed by atoms with van der Waals surface area (Å²) in [6, 6.07) is 10.2. The first-order valence-electron chi connectivity index (χ1n) is 11.7. The van der Waals surface area contributed by atoms with Gasteiger partial charge < -0.3 is 10.2 Å². The van der Waals surface area contributed by atoms with Gasteiger partial charge in [-0.1, -0.05) is 39.0 Å². The SMILES string of the molecule is CC[C@H](C(=O)NCC(C)C)N(Cc1ccc(F)cc1)C(=O)CN(c1cc(C)cc(C)c1)S(C)(=O)=O. The van der Waals surface area contributed by atoms with Crippen molar-refractivity contribution in [3.05, 3.63) is 65.0 Å². The van der Waals surface area contributed by atoms with E-state index in [9.17, 15) is 22.4 Å². The number of hydrogen-bond donors (Lipinski definition) is 1. The van der Waals surface area contributed by atoms with Gasteiger partial charge in [0, 0.05) is 13.1 Å². The zero-order valence-corrected chi connectivity index (χ0v) is 22.2. The van der Waals surface area contributed by atoms with E-state index >= 15 is 0 Å². The van der Waals surface area contributed by atoms with Crippen molar-refractivity contribution < 1.29 is 22.4 Å². The van der Waals surface area contributed by atoms with Gasteiger partial charge in [0.15, 0.2) is 0 Å². The molecule has 0 unspecified atom stereocenters. The Balaban J connectivity index is 2.44. The van der Waals surface area contributed by atoms with Gasteiger partial charge in [0.05, 0.1) is 11.9 Å². The van der Waals surface area contributed by atoms with E-state index in [0.717, 1.165) is 21.7 Å². The molecule has 0 aliphatic rings. The summed E-state index contributed by atoms with van der Waals surface area (Å²) < 4.78 is 39.9. The highest BCUT2D eigenvalue weighted by Crippen LogP contribution is 2.22. The van der Waals surface area contributed by atoms with Gasteiger partial charge in [-0.3, -0.25) is 13.9 Å². The number of aryl methyl sites for hydroxylation is 2. The standard InChI is InChI=1S/C26H36FN3O4S/c1-7-24(26(32)28-15-18(2)3)29(16-21-8-10-22(27)11-9-21)25(31)17-30(35(6,33)34)23-13-19(4)12-20(5)14-23/h8-14,18,24H,7,15-17H2,1-6H3,(H,28,32)/t24-/m1/s1. The van der Waals surface area contributed by atoms with Crippen molar-refractivity contribution in [1.82, 2.24) is 10.2 Å². The number of nitrogens with one attached hydrogen (secondary N) is 1. The molecule has 2 amide bonds. The summed E-state index contributed by atoms with van der Waals surface area (Å²) in [7, 11) is -3.80. The lowest BCUT2D eigenvalue weighted by atomic mass is 10.1. The molecule has 0 aromatic heterocycles. The summed E-state index contributed by atoms with van der Waals surface area (Å²) in [5.74, 6) is -1.02. The van der Waals surface area contributed by atoms with E-state index in [1.807, 2.05) is 33.8 Å². The molecule has 0 fully saturated rings. The maximum atomic E-state index is 13.6. The summed E-state index contributed by atoms with van der Waals surface area (Å²) in [5.41, 5.74) is 2.75. The van der Waals surface area contributed by atoms with Gasteiger partial charge in [-0.2, -0.15) is 0 Å². The Morgan fingerprint density at radius 1 is 1.03 bits per heavy atom. The summed E-state index contributed by atoms with van der Waals surface area (Å²) in [4.78, 5) is 28.0. The monoisotopic (exact) mass is 505 g/mol. The predicted molar refractivity (Wildman–Crippen MR) is 137 cm³/mol. The Labute approximate surface area is 208 Å². The summed E-state index contributed by atoms with van der Waals surface area (Å²) in [6.45, 7) is 9.47. The number of anilines is 1. The van der Waals surface area contributed by atoms with Gasteiger partial charge in [0.25, 0.3) is 0 Å². The predicted octanol–water partition coefficient (Wildman–Crippen LogP) is 3.79. The fourth-order valence-corrected chi connectivity index (χ4v) is 4.67. The zero-order chi connectivity index (χ0) is 26.3. The molecule has 192 valence electrons. The van der Waals surface area contributed by atoms with Crippen LogP contribution in [0.4, 0.5) is 10.1 Å². The Morgan fingerprint density at radius 3 is 2.09 bits per heavy atom. The van der Waals surface area contributed by atoms with Crippen molar-refractivity contribution >= 4 is 27.5 Å². The van der Waals surface area contributed by atoms with Crippen LogP contribution in [-0.2, 0) is 26.2 Å². The first-order chi connectivity index (χ1) is 16.3. The Hall–Kier alpha value is -2.94. The lowest BCUT2D eigenvalue weighted by Crippen LogP contribution is -2.52. The molecule has 2 aromatic rings. The first-order valence-corrected chi connectivity index (χ1v) is 13.5. The second-order valence-electron chi connectivity index (χ2n) is 9.33. The van der Waals surface area contributed by atoms with Crippen LogP contribution in [0, 0.1) is 25.6 Å². The van der Waals surface area contributed by atoms with E-state index in [1.165, 1.54) is 17.0 Å². The number of benzene rings is 2. The average molecular weight is 506 g/mol. The number of nitrogens with zero attached hydrogens (tertiary/aromatic N) is 2. The second-order valence-corrected chi connectivity index (χ2v) is 11.2. The molecule has 1 atom stereocenters. The summed E-state index contributed by atoms with van der Waals surface area (Å²) in [6.07, 6.45) is 1.38. The number of sulfonamides is 1. The lowest BCUT2D eigenvalue weighted by molar-refractivity contribution is -0.140. The molecule has 0 spiro atoms. The molecule has 0 heterocycles. The lowest BCUT2D eigenvalue weighted by Gasteiger charge is -2.33. The zero-order valence-electron chi connectivity index (χ0n) is 21.3. The second kappa shape index (κ2) is 12.2. The van der Waals surface area contributed by atoms with Crippen molar-refractivity contribution in [2.75, 3.05) is 23.7 Å². The molecular weight excluding hydrogens is 469 g/mol. The highest BCUT2D eigenvalue weighted by molar-refractivity contribution is 7.92. The van der Waals surface area contributed by atoms with Gasteiger partial charge in [0.1, 0.15) is 18.4 Å². The molecule has 2 rings (SSSR count). The van der Waals surface area contributed by atoms with E-state index in [1.54, 1.807) is 31.2 Å². The highest BCUT2D eigenvalue weighted by atomic mass is 32.2. The third kappa shape index (κ3) is 8.35. The van der Waals surface area contributed by atoms with Crippen LogP contribution >= 0.6 is 0 Å². The van der Waals surface area contributed by atoms with Crippen LogP contribution in [0.5, 0.6) is 0 Å². The van der Waals surface area contributed by atoms with Crippen LogP contribution < -0.4 is 9.62 Å². The first kappa shape index (κ1) is 28.3. The van der Waals surface area contributed by atoms with Crippen molar-refractivity contribution in [3.63, 3.8) is 0 Å². The molecule has 0 saturated carbocycles. The molecule has 9 heteroatoms. The van der Waals surface area contributed by atoms with Gasteiger partial charge >= 0.3 is 0 Å². The number of carbonyl (C=O) groups excluding carboxylic acids is 2. The molecule has 7 nitrogen and oxygen atoms in total. The maximum Gasteiger partial charge on any atom is 0.244 e. The van der Waals surface area contributed by atoms with E-state index in [2.05, 4.69) is 5.32 Å². The number of halogens is 1. The number of hydrogen-bond acceptors (Lipinski definition) is 4. The van der Waals surface area contributed by atoms with Gasteiger partial charge in [-0.05, 0) is 67.1 Å². The molecule has 0 radical (unpaired) electrons. The van der Waals surface area contributed by atoms with Crippen molar-refractivity contribution in [2.45, 2.75) is 53.6 Å². The van der Waals surface area contributed by atoms with Gasteiger partial charge in [-0.15, -0.1) is 0 Å². The number of rotatable bonds is 11. The van der Waals surface area contributed by atoms with Crippen LogP contribution in [0.1, 0.15) is 43.9 Å². The van der Waals surface area contributed by atoms with Crippen LogP contribution in [0.3, 0.4) is 0 Å². The van der Waals surface area contributed by atoms with E-state index in [4.69, 9.17) is 0 Å². The largest absolute Gasteiger partial charge is 0.354 e. The molecule has 1 N–H and O–H groups in total. The Kier molecular flexibility index (Phi) is 9.82. The maximum absolute atomic E-state index is 13.6. The van der Waals surface area contributed by atoms with Crippen LogP contribution in [-0.4, -0.2) is 50.5 Å². The minimum absolute atomic E-state index is 0.0389. The minimum Gasteiger partial charge on any atom is -0.354 e. The normalized spacial score (nSPS) is 12.3. The molecule has 0 aliphatic heterocycles. The molecule has 0 aliphatic carbocycles. The average Bonchev–Trinajstić information content (AvgIpc) is 2.75. The van der Waals surface area contributed by atoms with Crippen molar-refractivity contribution in [2.24, 2.45) is 5.92 Å². The highest BCUT2D eigenvalue weighted by Gasteiger charge is 2.31. The summed E-state index contributed by atoms with van der Waals surface area (Å²) in [5, 5.41) is 2.87. The van der Waals surface area contributed by atoms with Gasteiger partial charge in [-0.25, -0.2) is 12.8 Å². The third-order valence-electron chi connectivity index (χ3n) is 5.51. The van der Waals surface area contributed by atoms with E-state index < -0.39 is 34.3 Å². The molecule has 2 aromatic carbocycles. The topological polar surface area (TPSA) is 86.8 Å². The van der Waals surface area contributed by atoms with Crippen molar-refractivity contribution in [3.8, 4) is 0 Å². The molecule has 0 bridgehead atoms. The smallest absolute Gasteiger partial charge is 0.244 e. The fraction of sp³-hybridized carbons (Fsp3) is 0.462. The molecular formula is C26H36FN3O4S. The Bertz CT molecular complexity index is 1110. The minimum atomic E-state index is -3.80. The van der Waals surface area contributed by atoms with E-state index in [0.29, 0.717) is 24.2 Å². The van der Waals surface area contributed by atoms with E-state index in [-0.39, 0.29) is 18.4 Å². The molecule has 0 saturated heterocycles. The Morgan fingerprint density at radius 2 is 1.60 bits per heavy atom. The summed E-state index contributed by atoms with van der Waals surface area (Å²) >= 11 is 0. The number of carbonyl (C=O) groups is 2. The van der Waals surface area contributed by atoms with Crippen LogP contribution in [0.15, 0.2) is 42.5 Å². The van der Waals surface area contributed by atoms with Crippen molar-refractivity contribution in [1.29, 1.82) is 0 Å². The third-order valence-corrected chi connectivity index (χ3v) is 6.65. The van der Waals surface area contributed by atoms with Crippen LogP contribution in [0.25, 0.3) is 0 Å². The molecule has 35 heavy (non-hydrogen) atoms. The van der Waals surface area contributed by atoms with Crippen LogP contribution in [0.2, 0.25) is 0 Å². The quantitative estimate of drug-likeness (QED) is 0.504. The fourth-order valence-electron chi connectivity index (χ4n) is 3.84. The van der Waals surface area contributed by atoms with Gasteiger partial charge in [0.2, 0.25) is 21.8 Å².